The Balaban J connectivity index is 0.00000361. The largest absolute Gasteiger partial charge is 0.380 e. The minimum absolute atomic E-state index is 0. The lowest BCUT2D eigenvalue weighted by atomic mass is 10.1. The third kappa shape index (κ3) is 6.88. The van der Waals surface area contributed by atoms with Crippen molar-refractivity contribution in [1.82, 2.24) is 4.90 Å². The van der Waals surface area contributed by atoms with Crippen LogP contribution in [0.25, 0.3) is 0 Å². The maximum atomic E-state index is 12.1. The van der Waals surface area contributed by atoms with E-state index in [4.69, 9.17) is 15.2 Å². The summed E-state index contributed by atoms with van der Waals surface area (Å²) in [6.07, 6.45) is 4.58. The number of methoxy groups -OCH3 is 1. The molecule has 2 N–H and O–H groups in total. The summed E-state index contributed by atoms with van der Waals surface area (Å²) >= 11 is 0. The van der Waals surface area contributed by atoms with Crippen LogP contribution in [0.2, 0.25) is 0 Å². The fourth-order valence-corrected chi connectivity index (χ4v) is 2.35. The van der Waals surface area contributed by atoms with E-state index in [1.807, 2.05) is 4.90 Å². The molecule has 1 rings (SSSR count). The van der Waals surface area contributed by atoms with Gasteiger partial charge in [-0.15, -0.1) is 12.4 Å². The number of nitrogens with zero attached hydrogens (tertiary/aromatic N) is 1. The van der Waals surface area contributed by atoms with Gasteiger partial charge < -0.3 is 20.1 Å². The first-order valence-corrected chi connectivity index (χ1v) is 7.33. The number of nitrogens with two attached hydrogens (primary N) is 1. The molecule has 2 atom stereocenters. The van der Waals surface area contributed by atoms with Crippen LogP contribution in [0, 0.1) is 0 Å². The molecule has 1 heterocycles. The summed E-state index contributed by atoms with van der Waals surface area (Å²) in [5.41, 5.74) is 5.55. The Bertz CT molecular complexity index is 263. The second-order valence-corrected chi connectivity index (χ2v) is 5.10. The Morgan fingerprint density at radius 2 is 2.15 bits per heavy atom. The Morgan fingerprint density at radius 3 is 2.75 bits per heavy atom. The number of carbonyl (C=O) groups excluding carboxylic acids is 1. The molecule has 1 fully saturated rings. The second-order valence-electron chi connectivity index (χ2n) is 5.10. The number of amides is 1. The smallest absolute Gasteiger partial charge is 0.225 e. The molecule has 20 heavy (non-hydrogen) atoms. The monoisotopic (exact) mass is 308 g/mol. The highest BCUT2D eigenvalue weighted by Gasteiger charge is 2.22. The Kier molecular flexibility index (Phi) is 11.1. The Hall–Kier alpha value is -0.360. The van der Waals surface area contributed by atoms with Crippen molar-refractivity contribution in [3.8, 4) is 0 Å². The first-order valence-electron chi connectivity index (χ1n) is 7.33. The highest BCUT2D eigenvalue weighted by Crippen LogP contribution is 2.15. The van der Waals surface area contributed by atoms with Gasteiger partial charge in [0.15, 0.2) is 0 Å². The molecule has 120 valence electrons. The summed E-state index contributed by atoms with van der Waals surface area (Å²) in [5.74, 6) is 0.147. The van der Waals surface area contributed by atoms with Gasteiger partial charge in [-0.25, -0.2) is 0 Å². The van der Waals surface area contributed by atoms with E-state index in [9.17, 15) is 4.79 Å². The average molecular weight is 309 g/mol. The number of likely N-dealkylation sites (tertiary alicyclic amines) is 1. The Morgan fingerprint density at radius 1 is 1.40 bits per heavy atom. The van der Waals surface area contributed by atoms with Gasteiger partial charge in [0.2, 0.25) is 5.91 Å². The molecule has 0 saturated carbocycles. The van der Waals surface area contributed by atoms with Crippen LogP contribution in [0.3, 0.4) is 0 Å². The number of rotatable bonds is 7. The first kappa shape index (κ1) is 19.6. The predicted octanol–water partition coefficient (Wildman–Crippen LogP) is 1.58. The summed E-state index contributed by atoms with van der Waals surface area (Å²) in [4.78, 5) is 14.1. The van der Waals surface area contributed by atoms with Crippen LogP contribution in [0.4, 0.5) is 0 Å². The molecule has 0 aliphatic carbocycles. The zero-order valence-corrected chi connectivity index (χ0v) is 13.5. The van der Waals surface area contributed by atoms with Gasteiger partial charge >= 0.3 is 0 Å². The van der Waals surface area contributed by atoms with E-state index in [0.717, 1.165) is 45.4 Å². The van der Waals surface area contributed by atoms with Crippen LogP contribution >= 0.6 is 12.4 Å². The third-order valence-electron chi connectivity index (χ3n) is 3.58. The normalized spacial score (nSPS) is 20.9. The van der Waals surface area contributed by atoms with Gasteiger partial charge in [-0.05, 0) is 25.7 Å². The molecule has 2 unspecified atom stereocenters. The maximum Gasteiger partial charge on any atom is 0.225 e. The van der Waals surface area contributed by atoms with E-state index in [1.54, 1.807) is 7.11 Å². The van der Waals surface area contributed by atoms with E-state index in [0.29, 0.717) is 19.1 Å². The molecule has 0 spiro atoms. The SMILES string of the molecule is CCCOC1CCCN(C(=O)CC(CN)OC)CC1.Cl. The highest BCUT2D eigenvalue weighted by molar-refractivity contribution is 5.85. The second kappa shape index (κ2) is 11.3. The molecule has 0 bridgehead atoms. The van der Waals surface area contributed by atoms with E-state index in [2.05, 4.69) is 6.92 Å². The molecule has 5 nitrogen and oxygen atoms in total. The van der Waals surface area contributed by atoms with Crippen LogP contribution in [-0.4, -0.2) is 56.4 Å². The van der Waals surface area contributed by atoms with Crippen molar-refractivity contribution >= 4 is 18.3 Å². The van der Waals surface area contributed by atoms with Gasteiger partial charge in [-0.3, -0.25) is 4.79 Å². The van der Waals surface area contributed by atoms with Crippen molar-refractivity contribution in [1.29, 1.82) is 0 Å². The fraction of sp³-hybridized carbons (Fsp3) is 0.929. The van der Waals surface area contributed by atoms with Gasteiger partial charge in [-0.2, -0.15) is 0 Å². The summed E-state index contributed by atoms with van der Waals surface area (Å²) in [6.45, 7) is 4.93. The standard InChI is InChI=1S/C14H28N2O3.ClH/c1-3-9-19-12-5-4-7-16(8-6-12)14(17)10-13(11-15)18-2;/h12-13H,3-11,15H2,1-2H3;1H. The molecule has 0 radical (unpaired) electrons. The molecule has 0 aromatic heterocycles. The molecular weight excluding hydrogens is 280 g/mol. The van der Waals surface area contributed by atoms with Crippen LogP contribution in [0.15, 0.2) is 0 Å². The third-order valence-corrected chi connectivity index (χ3v) is 3.58. The number of hydrogen-bond donors (Lipinski definition) is 1. The maximum absolute atomic E-state index is 12.1. The average Bonchev–Trinajstić information content (AvgIpc) is 2.67. The van der Waals surface area contributed by atoms with Crippen molar-refractivity contribution in [2.24, 2.45) is 5.73 Å². The molecule has 1 aliphatic rings. The van der Waals surface area contributed by atoms with Crippen molar-refractivity contribution in [3.63, 3.8) is 0 Å². The zero-order chi connectivity index (χ0) is 14.1. The number of halogens is 1. The fourth-order valence-electron chi connectivity index (χ4n) is 2.35. The van der Waals surface area contributed by atoms with Crippen molar-refractivity contribution < 1.29 is 14.3 Å². The van der Waals surface area contributed by atoms with Crippen LogP contribution < -0.4 is 5.73 Å². The van der Waals surface area contributed by atoms with Gasteiger partial charge in [-0.1, -0.05) is 6.92 Å². The predicted molar refractivity (Wildman–Crippen MR) is 82.2 cm³/mol. The van der Waals surface area contributed by atoms with Crippen molar-refractivity contribution in [3.05, 3.63) is 0 Å². The van der Waals surface area contributed by atoms with Crippen molar-refractivity contribution in [2.75, 3.05) is 33.4 Å². The van der Waals surface area contributed by atoms with Gasteiger partial charge in [0.1, 0.15) is 0 Å². The van der Waals surface area contributed by atoms with E-state index >= 15 is 0 Å². The van der Waals surface area contributed by atoms with Gasteiger partial charge in [0.25, 0.3) is 0 Å². The number of carbonyl (C=O) groups is 1. The van der Waals surface area contributed by atoms with Crippen LogP contribution in [0.1, 0.15) is 39.0 Å². The number of hydrogen-bond acceptors (Lipinski definition) is 4. The minimum atomic E-state index is -0.164. The van der Waals surface area contributed by atoms with Crippen LogP contribution in [-0.2, 0) is 14.3 Å². The zero-order valence-electron chi connectivity index (χ0n) is 12.7. The summed E-state index contributed by atoms with van der Waals surface area (Å²) in [6, 6.07) is 0. The molecule has 6 heteroatoms. The van der Waals surface area contributed by atoms with Gasteiger partial charge in [0, 0.05) is 33.4 Å². The molecule has 0 aromatic carbocycles. The summed E-state index contributed by atoms with van der Waals surface area (Å²) in [5, 5.41) is 0. The van der Waals surface area contributed by atoms with Crippen molar-refractivity contribution in [2.45, 2.75) is 51.2 Å². The molecular formula is C14H29ClN2O3. The quantitative estimate of drug-likeness (QED) is 0.775. The lowest BCUT2D eigenvalue weighted by Crippen LogP contribution is -2.36. The summed E-state index contributed by atoms with van der Waals surface area (Å²) in [7, 11) is 1.60. The van der Waals surface area contributed by atoms with Crippen LogP contribution in [0.5, 0.6) is 0 Å². The molecule has 0 aromatic rings. The topological polar surface area (TPSA) is 64.8 Å². The lowest BCUT2D eigenvalue weighted by molar-refractivity contribution is -0.133. The van der Waals surface area contributed by atoms with E-state index < -0.39 is 0 Å². The van der Waals surface area contributed by atoms with Gasteiger partial charge in [0.05, 0.1) is 18.6 Å². The minimum Gasteiger partial charge on any atom is -0.380 e. The Labute approximate surface area is 128 Å². The number of ether oxygens (including phenoxy) is 2. The molecule has 1 amide bonds. The highest BCUT2D eigenvalue weighted by atomic mass is 35.5. The molecule has 1 aliphatic heterocycles. The van der Waals surface area contributed by atoms with E-state index in [-0.39, 0.29) is 24.4 Å². The first-order chi connectivity index (χ1) is 9.21. The lowest BCUT2D eigenvalue weighted by Gasteiger charge is -2.23. The molecule has 1 saturated heterocycles. The van der Waals surface area contributed by atoms with E-state index in [1.165, 1.54) is 0 Å². The summed E-state index contributed by atoms with van der Waals surface area (Å²) < 4.78 is 11.0.